The lowest BCUT2D eigenvalue weighted by Gasteiger charge is -2.07. The number of halogens is 3. The number of hydrogen-bond donors (Lipinski definition) is 1. The number of nitrogens with one attached hydrogen (secondary N) is 1. The van der Waals surface area contributed by atoms with E-state index in [1.54, 1.807) is 24.3 Å². The topological polar surface area (TPSA) is 55.4 Å². The molecule has 0 aliphatic carbocycles. The molecular formula is C16H12Cl3NO3. The predicted molar refractivity (Wildman–Crippen MR) is 90.0 cm³/mol. The Labute approximate surface area is 148 Å². The van der Waals surface area contributed by atoms with Crippen LogP contribution in [0.5, 0.6) is 0 Å². The Kier molecular flexibility index (Phi) is 6.28. The monoisotopic (exact) mass is 371 g/mol. The second kappa shape index (κ2) is 8.20. The van der Waals surface area contributed by atoms with E-state index in [1.807, 2.05) is 0 Å². The van der Waals surface area contributed by atoms with E-state index in [4.69, 9.17) is 39.5 Å². The van der Waals surface area contributed by atoms with Gasteiger partial charge in [0.05, 0.1) is 15.6 Å². The van der Waals surface area contributed by atoms with Crippen LogP contribution in [0.1, 0.15) is 15.9 Å². The largest absolute Gasteiger partial charge is 0.452 e. The quantitative estimate of drug-likeness (QED) is 0.803. The summed E-state index contributed by atoms with van der Waals surface area (Å²) in [7, 11) is 0. The first-order chi connectivity index (χ1) is 11.0. The second-order valence-corrected chi connectivity index (χ2v) is 5.86. The molecule has 0 atom stereocenters. The second-order valence-electron chi connectivity index (χ2n) is 4.61. The van der Waals surface area contributed by atoms with E-state index in [2.05, 4.69) is 5.32 Å². The molecule has 1 N–H and O–H groups in total. The van der Waals surface area contributed by atoms with Gasteiger partial charge in [0.15, 0.2) is 6.61 Å². The SMILES string of the molecule is O=C(COC(=O)c1ccc(Cl)c(Cl)c1)NCc1ccc(Cl)cc1. The average Bonchev–Trinajstić information content (AvgIpc) is 2.54. The van der Waals surface area contributed by atoms with Crippen LogP contribution in [0.2, 0.25) is 15.1 Å². The third kappa shape index (κ3) is 5.43. The number of esters is 1. The molecule has 2 aromatic rings. The van der Waals surface area contributed by atoms with E-state index in [0.29, 0.717) is 16.6 Å². The van der Waals surface area contributed by atoms with Gasteiger partial charge in [-0.3, -0.25) is 4.79 Å². The Balaban J connectivity index is 1.80. The van der Waals surface area contributed by atoms with Gasteiger partial charge >= 0.3 is 5.97 Å². The first-order valence-electron chi connectivity index (χ1n) is 6.59. The summed E-state index contributed by atoms with van der Waals surface area (Å²) in [4.78, 5) is 23.5. The molecule has 0 saturated heterocycles. The van der Waals surface area contributed by atoms with Crippen molar-refractivity contribution < 1.29 is 14.3 Å². The lowest BCUT2D eigenvalue weighted by atomic mass is 10.2. The van der Waals surface area contributed by atoms with Crippen LogP contribution in [0.25, 0.3) is 0 Å². The lowest BCUT2D eigenvalue weighted by Crippen LogP contribution is -2.28. The van der Waals surface area contributed by atoms with E-state index < -0.39 is 11.9 Å². The van der Waals surface area contributed by atoms with Crippen LogP contribution in [0.15, 0.2) is 42.5 Å². The van der Waals surface area contributed by atoms with Gasteiger partial charge in [-0.15, -0.1) is 0 Å². The molecule has 7 heteroatoms. The molecule has 0 bridgehead atoms. The number of rotatable bonds is 5. The zero-order valence-corrected chi connectivity index (χ0v) is 14.1. The van der Waals surface area contributed by atoms with Crippen molar-refractivity contribution in [3.63, 3.8) is 0 Å². The summed E-state index contributed by atoms with van der Waals surface area (Å²) in [6.45, 7) is -0.0625. The fraction of sp³-hybridized carbons (Fsp3) is 0.125. The van der Waals surface area contributed by atoms with Crippen molar-refractivity contribution in [1.29, 1.82) is 0 Å². The number of benzene rings is 2. The smallest absolute Gasteiger partial charge is 0.338 e. The van der Waals surface area contributed by atoms with Crippen LogP contribution in [0, 0.1) is 0 Å². The van der Waals surface area contributed by atoms with E-state index >= 15 is 0 Å². The van der Waals surface area contributed by atoms with Gasteiger partial charge in [0.25, 0.3) is 5.91 Å². The number of carbonyl (C=O) groups excluding carboxylic acids is 2. The third-order valence-corrected chi connectivity index (χ3v) is 3.88. The Morgan fingerprint density at radius 1 is 0.957 bits per heavy atom. The van der Waals surface area contributed by atoms with Gasteiger partial charge in [-0.05, 0) is 35.9 Å². The van der Waals surface area contributed by atoms with Crippen molar-refractivity contribution in [2.45, 2.75) is 6.54 Å². The van der Waals surface area contributed by atoms with Crippen molar-refractivity contribution in [2.75, 3.05) is 6.61 Å². The maximum Gasteiger partial charge on any atom is 0.338 e. The van der Waals surface area contributed by atoms with Crippen LogP contribution >= 0.6 is 34.8 Å². The van der Waals surface area contributed by atoms with Crippen molar-refractivity contribution in [1.82, 2.24) is 5.32 Å². The molecule has 1 amide bonds. The van der Waals surface area contributed by atoms with Gasteiger partial charge in [-0.25, -0.2) is 4.79 Å². The maximum absolute atomic E-state index is 11.8. The molecule has 120 valence electrons. The van der Waals surface area contributed by atoms with Gasteiger partial charge in [0.1, 0.15) is 0 Å². The number of amides is 1. The zero-order valence-electron chi connectivity index (χ0n) is 11.8. The Bertz CT molecular complexity index is 717. The van der Waals surface area contributed by atoms with Crippen LogP contribution in [-0.2, 0) is 16.1 Å². The van der Waals surface area contributed by atoms with Crippen LogP contribution in [0.3, 0.4) is 0 Å². The summed E-state index contributed by atoms with van der Waals surface area (Å²) in [5.74, 6) is -1.06. The van der Waals surface area contributed by atoms with Crippen molar-refractivity contribution in [2.24, 2.45) is 0 Å². The minimum atomic E-state index is -0.648. The zero-order chi connectivity index (χ0) is 16.8. The van der Waals surface area contributed by atoms with Gasteiger partial charge in [0, 0.05) is 11.6 Å². The van der Waals surface area contributed by atoms with Gasteiger partial charge in [0.2, 0.25) is 0 Å². The van der Waals surface area contributed by atoms with Gasteiger partial charge in [-0.1, -0.05) is 46.9 Å². The summed E-state index contributed by atoms with van der Waals surface area (Å²) in [6.07, 6.45) is 0. The van der Waals surface area contributed by atoms with Crippen LogP contribution in [-0.4, -0.2) is 18.5 Å². The molecule has 2 rings (SSSR count). The van der Waals surface area contributed by atoms with Crippen molar-refractivity contribution in [3.05, 3.63) is 68.7 Å². The Morgan fingerprint density at radius 2 is 1.65 bits per heavy atom. The van der Waals surface area contributed by atoms with Crippen molar-refractivity contribution >= 4 is 46.7 Å². The molecule has 0 radical (unpaired) electrons. The average molecular weight is 373 g/mol. The minimum Gasteiger partial charge on any atom is -0.452 e. The third-order valence-electron chi connectivity index (χ3n) is 2.89. The fourth-order valence-corrected chi connectivity index (χ4v) is 2.12. The summed E-state index contributed by atoms with van der Waals surface area (Å²) in [5.41, 5.74) is 1.11. The first kappa shape index (κ1) is 17.6. The van der Waals surface area contributed by atoms with E-state index in [0.717, 1.165) is 5.56 Å². The molecule has 0 saturated carbocycles. The predicted octanol–water partition coefficient (Wildman–Crippen LogP) is 4.12. The highest BCUT2D eigenvalue weighted by Crippen LogP contribution is 2.22. The summed E-state index contributed by atoms with van der Waals surface area (Å²) < 4.78 is 4.92. The molecule has 2 aromatic carbocycles. The molecule has 0 aliphatic rings. The summed E-state index contributed by atoms with van der Waals surface area (Å²) >= 11 is 17.4. The van der Waals surface area contributed by atoms with Crippen LogP contribution in [0.4, 0.5) is 0 Å². The highest BCUT2D eigenvalue weighted by molar-refractivity contribution is 6.42. The molecule has 0 fully saturated rings. The van der Waals surface area contributed by atoms with E-state index in [9.17, 15) is 9.59 Å². The summed E-state index contributed by atoms with van der Waals surface area (Å²) in [5, 5.41) is 3.84. The number of hydrogen-bond acceptors (Lipinski definition) is 3. The molecule has 0 spiro atoms. The summed E-state index contributed by atoms with van der Waals surface area (Å²) in [6, 6.07) is 11.4. The standard InChI is InChI=1S/C16H12Cl3NO3/c17-12-4-1-10(2-5-12)8-20-15(21)9-23-16(22)11-3-6-13(18)14(19)7-11/h1-7H,8-9H2,(H,20,21). The first-order valence-corrected chi connectivity index (χ1v) is 7.72. The van der Waals surface area contributed by atoms with Gasteiger partial charge < -0.3 is 10.1 Å². The van der Waals surface area contributed by atoms with Crippen LogP contribution < -0.4 is 5.32 Å². The lowest BCUT2D eigenvalue weighted by molar-refractivity contribution is -0.124. The van der Waals surface area contributed by atoms with Gasteiger partial charge in [-0.2, -0.15) is 0 Å². The highest BCUT2D eigenvalue weighted by atomic mass is 35.5. The van der Waals surface area contributed by atoms with E-state index in [1.165, 1.54) is 18.2 Å². The Hall–Kier alpha value is -1.75. The molecule has 0 aromatic heterocycles. The minimum absolute atomic E-state index is 0.227. The molecule has 0 heterocycles. The number of carbonyl (C=O) groups is 2. The molecule has 0 aliphatic heterocycles. The van der Waals surface area contributed by atoms with Crippen molar-refractivity contribution in [3.8, 4) is 0 Å². The molecule has 23 heavy (non-hydrogen) atoms. The molecular weight excluding hydrogens is 361 g/mol. The Morgan fingerprint density at radius 3 is 2.30 bits per heavy atom. The molecule has 0 unspecified atom stereocenters. The molecule has 4 nitrogen and oxygen atoms in total. The normalized spacial score (nSPS) is 10.2. The maximum atomic E-state index is 11.8. The highest BCUT2D eigenvalue weighted by Gasteiger charge is 2.11. The fourth-order valence-electron chi connectivity index (χ4n) is 1.69. The number of ether oxygens (including phenoxy) is 1. The van der Waals surface area contributed by atoms with E-state index in [-0.39, 0.29) is 17.2 Å².